The molecule has 0 spiro atoms. The Kier molecular flexibility index (Phi) is 5.27. The molecule has 0 radical (unpaired) electrons. The average Bonchev–Trinajstić information content (AvgIpc) is 3.02. The van der Waals surface area contributed by atoms with E-state index in [1.54, 1.807) is 6.07 Å². The summed E-state index contributed by atoms with van der Waals surface area (Å²) < 4.78 is 38.4. The molecule has 2 fully saturated rings. The zero-order valence-corrected chi connectivity index (χ0v) is 13.3. The number of nitrogens with one attached hydrogen (secondary N) is 2. The molecule has 3 atom stereocenters. The van der Waals surface area contributed by atoms with E-state index >= 15 is 0 Å². The van der Waals surface area contributed by atoms with Crippen molar-refractivity contribution in [2.75, 3.05) is 6.54 Å². The fourth-order valence-corrected chi connectivity index (χ4v) is 4.07. The van der Waals surface area contributed by atoms with Crippen molar-refractivity contribution in [1.29, 1.82) is 0 Å². The van der Waals surface area contributed by atoms with Crippen LogP contribution < -0.4 is 10.6 Å². The summed E-state index contributed by atoms with van der Waals surface area (Å²) in [6, 6.07) is 6.65. The van der Waals surface area contributed by atoms with Gasteiger partial charge in [-0.05, 0) is 49.8 Å². The second-order valence-corrected chi connectivity index (χ2v) is 6.84. The smallest absolute Gasteiger partial charge is 0.314 e. The highest BCUT2D eigenvalue weighted by molar-refractivity contribution is 5.25. The minimum absolute atomic E-state index is 0.417. The topological polar surface area (TPSA) is 24.1 Å². The van der Waals surface area contributed by atoms with Gasteiger partial charge in [-0.15, -0.1) is 0 Å². The molecule has 128 valence electrons. The van der Waals surface area contributed by atoms with Gasteiger partial charge in [-0.3, -0.25) is 0 Å². The number of benzene rings is 1. The quantitative estimate of drug-likeness (QED) is 0.870. The van der Waals surface area contributed by atoms with E-state index in [2.05, 4.69) is 10.6 Å². The van der Waals surface area contributed by atoms with Gasteiger partial charge >= 0.3 is 6.18 Å². The number of rotatable bonds is 4. The van der Waals surface area contributed by atoms with Gasteiger partial charge in [0.2, 0.25) is 0 Å². The normalized spacial score (nSPS) is 28.9. The van der Waals surface area contributed by atoms with E-state index < -0.39 is 11.7 Å². The lowest BCUT2D eigenvalue weighted by molar-refractivity contribution is -0.137. The van der Waals surface area contributed by atoms with Crippen LogP contribution in [0, 0.1) is 5.92 Å². The van der Waals surface area contributed by atoms with Crippen LogP contribution in [0.3, 0.4) is 0 Å². The maximum atomic E-state index is 12.8. The Labute approximate surface area is 135 Å². The van der Waals surface area contributed by atoms with Gasteiger partial charge in [0.25, 0.3) is 0 Å². The molecule has 1 aromatic carbocycles. The summed E-state index contributed by atoms with van der Waals surface area (Å²) in [7, 11) is 0. The summed E-state index contributed by atoms with van der Waals surface area (Å²) in [6.45, 7) is 1.61. The Morgan fingerprint density at radius 1 is 1.09 bits per heavy atom. The van der Waals surface area contributed by atoms with Crippen molar-refractivity contribution in [2.24, 2.45) is 5.92 Å². The van der Waals surface area contributed by atoms with Gasteiger partial charge in [-0.1, -0.05) is 31.0 Å². The standard InChI is InChI=1S/C18H25F3N2/c19-18(20,21)14-6-3-5-13(11-14)12-23-17-9-4-7-15(17)16-8-1-2-10-22-16/h3,5-6,11,15-17,22-23H,1-2,4,7-10,12H2. The zero-order chi connectivity index (χ0) is 16.3. The van der Waals surface area contributed by atoms with Crippen LogP contribution >= 0.6 is 0 Å². The minimum Gasteiger partial charge on any atom is -0.314 e. The Balaban J connectivity index is 1.59. The average molecular weight is 326 g/mol. The molecule has 2 N–H and O–H groups in total. The lowest BCUT2D eigenvalue weighted by Gasteiger charge is -2.33. The molecule has 2 nitrogen and oxygen atoms in total. The number of hydrogen-bond acceptors (Lipinski definition) is 2. The molecule has 1 aromatic rings. The third-order valence-electron chi connectivity index (χ3n) is 5.26. The Morgan fingerprint density at radius 2 is 1.96 bits per heavy atom. The predicted octanol–water partition coefficient (Wildman–Crippen LogP) is 4.11. The van der Waals surface area contributed by atoms with Crippen LogP contribution in [0.5, 0.6) is 0 Å². The van der Waals surface area contributed by atoms with Crippen molar-refractivity contribution in [2.45, 2.75) is 63.3 Å². The molecule has 3 rings (SSSR count). The Bertz CT molecular complexity index is 509. The summed E-state index contributed by atoms with van der Waals surface area (Å²) in [6.07, 6.45) is 3.06. The van der Waals surface area contributed by atoms with Gasteiger partial charge in [0.05, 0.1) is 5.56 Å². The van der Waals surface area contributed by atoms with E-state index in [1.807, 2.05) is 0 Å². The lowest BCUT2D eigenvalue weighted by Crippen LogP contribution is -2.46. The van der Waals surface area contributed by atoms with Crippen LogP contribution in [0.4, 0.5) is 13.2 Å². The monoisotopic (exact) mass is 326 g/mol. The first-order valence-electron chi connectivity index (χ1n) is 8.67. The molecule has 23 heavy (non-hydrogen) atoms. The van der Waals surface area contributed by atoms with Crippen molar-refractivity contribution >= 4 is 0 Å². The third kappa shape index (κ3) is 4.27. The lowest BCUT2D eigenvalue weighted by atomic mass is 9.88. The SMILES string of the molecule is FC(F)(F)c1cccc(CNC2CCCC2C2CCCCN2)c1. The zero-order valence-electron chi connectivity index (χ0n) is 13.3. The summed E-state index contributed by atoms with van der Waals surface area (Å²) in [5.74, 6) is 0.612. The number of halogens is 3. The van der Waals surface area contributed by atoms with Crippen LogP contribution in [-0.4, -0.2) is 18.6 Å². The fourth-order valence-electron chi connectivity index (χ4n) is 4.07. The summed E-state index contributed by atoms with van der Waals surface area (Å²) in [5, 5.41) is 7.15. The first kappa shape index (κ1) is 16.8. The van der Waals surface area contributed by atoms with Crippen molar-refractivity contribution in [3.8, 4) is 0 Å². The minimum atomic E-state index is -4.27. The van der Waals surface area contributed by atoms with E-state index in [1.165, 1.54) is 44.2 Å². The van der Waals surface area contributed by atoms with E-state index in [0.29, 0.717) is 30.1 Å². The van der Waals surface area contributed by atoms with Gasteiger partial charge < -0.3 is 10.6 Å². The first-order chi connectivity index (χ1) is 11.0. The van der Waals surface area contributed by atoms with Crippen LogP contribution in [0.25, 0.3) is 0 Å². The highest BCUT2D eigenvalue weighted by Crippen LogP contribution is 2.32. The number of alkyl halides is 3. The van der Waals surface area contributed by atoms with Crippen molar-refractivity contribution in [1.82, 2.24) is 10.6 Å². The second-order valence-electron chi connectivity index (χ2n) is 6.84. The van der Waals surface area contributed by atoms with E-state index in [0.717, 1.165) is 19.0 Å². The molecular weight excluding hydrogens is 301 g/mol. The fraction of sp³-hybridized carbons (Fsp3) is 0.667. The van der Waals surface area contributed by atoms with E-state index in [-0.39, 0.29) is 0 Å². The maximum Gasteiger partial charge on any atom is 0.416 e. The van der Waals surface area contributed by atoms with Crippen LogP contribution in [0.1, 0.15) is 49.7 Å². The highest BCUT2D eigenvalue weighted by Gasteiger charge is 2.34. The van der Waals surface area contributed by atoms with Crippen molar-refractivity contribution in [3.05, 3.63) is 35.4 Å². The van der Waals surface area contributed by atoms with Crippen LogP contribution in [0.2, 0.25) is 0 Å². The van der Waals surface area contributed by atoms with E-state index in [9.17, 15) is 13.2 Å². The van der Waals surface area contributed by atoms with Crippen molar-refractivity contribution in [3.63, 3.8) is 0 Å². The van der Waals surface area contributed by atoms with E-state index in [4.69, 9.17) is 0 Å². The molecule has 1 aliphatic carbocycles. The molecule has 0 amide bonds. The van der Waals surface area contributed by atoms with Crippen molar-refractivity contribution < 1.29 is 13.2 Å². The molecule has 2 aliphatic rings. The Morgan fingerprint density at radius 3 is 2.70 bits per heavy atom. The van der Waals surface area contributed by atoms with Gasteiger partial charge in [0.15, 0.2) is 0 Å². The molecule has 5 heteroatoms. The van der Waals surface area contributed by atoms with Crippen LogP contribution in [0.15, 0.2) is 24.3 Å². The summed E-state index contributed by atoms with van der Waals surface area (Å²) in [4.78, 5) is 0. The van der Waals surface area contributed by atoms with Gasteiger partial charge in [-0.25, -0.2) is 0 Å². The Hall–Kier alpha value is -1.07. The predicted molar refractivity (Wildman–Crippen MR) is 85.1 cm³/mol. The van der Waals surface area contributed by atoms with Gasteiger partial charge in [0, 0.05) is 18.6 Å². The largest absolute Gasteiger partial charge is 0.416 e. The summed E-state index contributed by atoms with van der Waals surface area (Å²) >= 11 is 0. The molecule has 3 unspecified atom stereocenters. The van der Waals surface area contributed by atoms with Crippen LogP contribution in [-0.2, 0) is 12.7 Å². The van der Waals surface area contributed by atoms with Gasteiger partial charge in [-0.2, -0.15) is 13.2 Å². The molecular formula is C18H25F3N2. The molecule has 1 saturated heterocycles. The first-order valence-corrected chi connectivity index (χ1v) is 8.67. The second kappa shape index (κ2) is 7.22. The molecule has 0 aromatic heterocycles. The number of hydrogen-bond donors (Lipinski definition) is 2. The molecule has 0 bridgehead atoms. The molecule has 1 aliphatic heterocycles. The highest BCUT2D eigenvalue weighted by atomic mass is 19.4. The van der Waals surface area contributed by atoms with Gasteiger partial charge in [0.1, 0.15) is 0 Å². The summed E-state index contributed by atoms with van der Waals surface area (Å²) in [5.41, 5.74) is 0.149. The third-order valence-corrected chi connectivity index (χ3v) is 5.26. The number of piperidine rings is 1. The molecule has 1 saturated carbocycles. The molecule has 1 heterocycles. The maximum absolute atomic E-state index is 12.8.